The molecular formula is C17H15N3O6. The quantitative estimate of drug-likeness (QED) is 0.635. The zero-order chi connectivity index (χ0) is 18.7. The van der Waals surface area contributed by atoms with Gasteiger partial charge in [-0.25, -0.2) is 4.79 Å². The van der Waals surface area contributed by atoms with Crippen molar-refractivity contribution < 1.29 is 28.4 Å². The number of imide groups is 1. The Bertz CT molecular complexity index is 872. The third-order valence-electron chi connectivity index (χ3n) is 3.62. The number of benzene rings is 1. The molecule has 0 bridgehead atoms. The number of aromatic nitrogens is 1. The Balaban J connectivity index is 1.61. The monoisotopic (exact) mass is 357 g/mol. The summed E-state index contributed by atoms with van der Waals surface area (Å²) in [6.45, 7) is 1.15. The van der Waals surface area contributed by atoms with Crippen LogP contribution in [0.25, 0.3) is 0 Å². The topological polar surface area (TPSA) is 119 Å². The number of carbonyl (C=O) groups is 4. The number of carbonyl (C=O) groups excluding carboxylic acids is 4. The lowest BCUT2D eigenvalue weighted by Gasteiger charge is -2.14. The van der Waals surface area contributed by atoms with Gasteiger partial charge >= 0.3 is 5.97 Å². The highest BCUT2D eigenvalue weighted by atomic mass is 16.5. The molecule has 0 unspecified atom stereocenters. The largest absolute Gasteiger partial charge is 0.452 e. The zero-order valence-electron chi connectivity index (χ0n) is 13.9. The number of anilines is 2. The summed E-state index contributed by atoms with van der Waals surface area (Å²) in [5, 5.41) is 6.01. The number of nitrogens with one attached hydrogen (secondary N) is 1. The highest BCUT2D eigenvalue weighted by molar-refractivity contribution is 6.20. The van der Waals surface area contributed by atoms with Gasteiger partial charge in [0.1, 0.15) is 5.76 Å². The summed E-state index contributed by atoms with van der Waals surface area (Å²) in [6, 6.07) is 7.45. The summed E-state index contributed by atoms with van der Waals surface area (Å²) in [5.41, 5.74) is 0.426. The highest BCUT2D eigenvalue weighted by Crippen LogP contribution is 2.23. The lowest BCUT2D eigenvalue weighted by molar-refractivity contribution is -0.121. The molecule has 3 rings (SSSR count). The van der Waals surface area contributed by atoms with E-state index in [2.05, 4.69) is 10.5 Å². The van der Waals surface area contributed by atoms with Crippen molar-refractivity contribution in [2.24, 2.45) is 0 Å². The van der Waals surface area contributed by atoms with E-state index in [1.807, 2.05) is 0 Å². The summed E-state index contributed by atoms with van der Waals surface area (Å²) < 4.78 is 9.75. The van der Waals surface area contributed by atoms with Crippen molar-refractivity contribution in [3.8, 4) is 0 Å². The van der Waals surface area contributed by atoms with Gasteiger partial charge < -0.3 is 14.6 Å². The molecule has 3 amide bonds. The van der Waals surface area contributed by atoms with E-state index in [-0.39, 0.29) is 36.0 Å². The minimum Gasteiger partial charge on any atom is -0.452 e. The predicted molar refractivity (Wildman–Crippen MR) is 88.3 cm³/mol. The Hall–Kier alpha value is -3.49. The van der Waals surface area contributed by atoms with E-state index < -0.39 is 18.5 Å². The SMILES string of the molecule is Cc1cc(NC(=O)COC(=O)c2cccc(N3C(=O)CCC3=O)c2)no1. The summed E-state index contributed by atoms with van der Waals surface area (Å²) in [5.74, 6) is -1.22. The fraction of sp³-hybridized carbons (Fsp3) is 0.235. The van der Waals surface area contributed by atoms with Crippen molar-refractivity contribution in [1.29, 1.82) is 0 Å². The highest BCUT2D eigenvalue weighted by Gasteiger charge is 2.30. The van der Waals surface area contributed by atoms with E-state index in [1.165, 1.54) is 24.3 Å². The molecule has 0 radical (unpaired) electrons. The van der Waals surface area contributed by atoms with Crippen LogP contribution in [0.5, 0.6) is 0 Å². The molecule has 2 aromatic rings. The minimum atomic E-state index is -0.752. The van der Waals surface area contributed by atoms with Crippen LogP contribution in [0.2, 0.25) is 0 Å². The molecule has 9 nitrogen and oxygen atoms in total. The molecule has 0 atom stereocenters. The fourth-order valence-corrected chi connectivity index (χ4v) is 2.46. The second-order valence-electron chi connectivity index (χ2n) is 5.62. The van der Waals surface area contributed by atoms with Crippen molar-refractivity contribution in [3.63, 3.8) is 0 Å². The molecule has 134 valence electrons. The van der Waals surface area contributed by atoms with Gasteiger partial charge in [0.15, 0.2) is 12.4 Å². The molecule has 2 heterocycles. The van der Waals surface area contributed by atoms with E-state index >= 15 is 0 Å². The standard InChI is InChI=1S/C17H15N3O6/c1-10-7-13(19-26-10)18-14(21)9-25-17(24)11-3-2-4-12(8-11)20-15(22)5-6-16(20)23/h2-4,7-8H,5-6,9H2,1H3,(H,18,19,21). The first-order chi connectivity index (χ1) is 12.4. The first-order valence-electron chi connectivity index (χ1n) is 7.80. The third-order valence-corrected chi connectivity index (χ3v) is 3.62. The Morgan fingerprint density at radius 1 is 1.23 bits per heavy atom. The number of nitrogens with zero attached hydrogens (tertiary/aromatic N) is 2. The van der Waals surface area contributed by atoms with E-state index in [9.17, 15) is 19.2 Å². The Morgan fingerprint density at radius 2 is 1.96 bits per heavy atom. The molecule has 1 fully saturated rings. The van der Waals surface area contributed by atoms with Crippen molar-refractivity contribution in [3.05, 3.63) is 41.7 Å². The molecule has 1 saturated heterocycles. The molecule has 1 aliphatic rings. The smallest absolute Gasteiger partial charge is 0.338 e. The van der Waals surface area contributed by atoms with Crippen molar-refractivity contribution in [2.45, 2.75) is 19.8 Å². The van der Waals surface area contributed by atoms with Crippen LogP contribution < -0.4 is 10.2 Å². The first-order valence-corrected chi connectivity index (χ1v) is 7.80. The van der Waals surface area contributed by atoms with Crippen LogP contribution in [0.15, 0.2) is 34.9 Å². The number of amides is 3. The normalized spacial score (nSPS) is 13.8. The van der Waals surface area contributed by atoms with E-state index in [1.54, 1.807) is 13.0 Å². The van der Waals surface area contributed by atoms with Gasteiger partial charge in [-0.1, -0.05) is 11.2 Å². The molecule has 1 aromatic carbocycles. The number of hydrogen-bond acceptors (Lipinski definition) is 7. The minimum absolute atomic E-state index is 0.125. The lowest BCUT2D eigenvalue weighted by atomic mass is 10.2. The van der Waals surface area contributed by atoms with Gasteiger partial charge in [-0.2, -0.15) is 0 Å². The van der Waals surface area contributed by atoms with Crippen molar-refractivity contribution >= 4 is 35.2 Å². The second-order valence-corrected chi connectivity index (χ2v) is 5.62. The van der Waals surface area contributed by atoms with E-state index in [0.717, 1.165) is 4.90 Å². The molecule has 0 aliphatic carbocycles. The Labute approximate surface area is 147 Å². The molecule has 1 aliphatic heterocycles. The Morgan fingerprint density at radius 3 is 2.62 bits per heavy atom. The summed E-state index contributed by atoms with van der Waals surface area (Å²) in [6.07, 6.45) is 0.296. The van der Waals surface area contributed by atoms with Crippen molar-refractivity contribution in [1.82, 2.24) is 5.16 Å². The maximum Gasteiger partial charge on any atom is 0.338 e. The van der Waals surface area contributed by atoms with Gasteiger partial charge in [0.2, 0.25) is 11.8 Å². The summed E-state index contributed by atoms with van der Waals surface area (Å²) >= 11 is 0. The number of hydrogen-bond donors (Lipinski definition) is 1. The van der Waals surface area contributed by atoms with Gasteiger partial charge in [0.05, 0.1) is 11.3 Å². The van der Waals surface area contributed by atoms with Crippen LogP contribution in [-0.4, -0.2) is 35.5 Å². The molecule has 0 saturated carbocycles. The molecular weight excluding hydrogens is 342 g/mol. The molecule has 1 N–H and O–H groups in total. The molecule has 0 spiro atoms. The third kappa shape index (κ3) is 3.77. The Kier molecular flexibility index (Phi) is 4.78. The van der Waals surface area contributed by atoms with Crippen LogP contribution in [0.3, 0.4) is 0 Å². The van der Waals surface area contributed by atoms with Gasteiger partial charge in [-0.3, -0.25) is 19.3 Å². The first kappa shape index (κ1) is 17.3. The van der Waals surface area contributed by atoms with Crippen molar-refractivity contribution in [2.75, 3.05) is 16.8 Å². The second kappa shape index (κ2) is 7.18. The van der Waals surface area contributed by atoms with Gasteiger partial charge in [-0.05, 0) is 25.1 Å². The van der Waals surface area contributed by atoms with E-state index in [0.29, 0.717) is 11.4 Å². The average molecular weight is 357 g/mol. The molecule has 9 heteroatoms. The molecule has 1 aromatic heterocycles. The van der Waals surface area contributed by atoms with Gasteiger partial charge in [0, 0.05) is 18.9 Å². The van der Waals surface area contributed by atoms with Crippen LogP contribution in [0.4, 0.5) is 11.5 Å². The lowest BCUT2D eigenvalue weighted by Crippen LogP contribution is -2.28. The van der Waals surface area contributed by atoms with Gasteiger partial charge in [-0.15, -0.1) is 0 Å². The van der Waals surface area contributed by atoms with Crippen LogP contribution in [0, 0.1) is 6.92 Å². The summed E-state index contributed by atoms with van der Waals surface area (Å²) in [4.78, 5) is 48.5. The van der Waals surface area contributed by atoms with Crippen LogP contribution in [-0.2, 0) is 19.1 Å². The van der Waals surface area contributed by atoms with Gasteiger partial charge in [0.25, 0.3) is 5.91 Å². The average Bonchev–Trinajstić information content (AvgIpc) is 3.17. The number of aryl methyl sites for hydroxylation is 1. The van der Waals surface area contributed by atoms with E-state index in [4.69, 9.17) is 9.26 Å². The zero-order valence-corrected chi connectivity index (χ0v) is 13.9. The summed E-state index contributed by atoms with van der Waals surface area (Å²) in [7, 11) is 0. The maximum atomic E-state index is 12.1. The predicted octanol–water partition coefficient (Wildman–Crippen LogP) is 1.43. The van der Waals surface area contributed by atoms with Crippen LogP contribution in [0.1, 0.15) is 29.0 Å². The molecule has 26 heavy (non-hydrogen) atoms. The number of ether oxygens (including phenoxy) is 1. The maximum absolute atomic E-state index is 12.1. The van der Waals surface area contributed by atoms with Crippen LogP contribution >= 0.6 is 0 Å². The number of rotatable bonds is 5. The fourth-order valence-electron chi connectivity index (χ4n) is 2.46. The number of esters is 1.